The van der Waals surface area contributed by atoms with Gasteiger partial charge in [0.15, 0.2) is 5.15 Å². The standard InChI is InChI=1S/C16H19ClN4O/c1-12-2-4-14(21-6-8-22-9-7-21)10-15(12)18-11-13-3-5-16(17)20-19-13/h2-5,10,18H,6-9,11H2,1H3. The Labute approximate surface area is 135 Å². The van der Waals surface area contributed by atoms with Gasteiger partial charge in [-0.25, -0.2) is 0 Å². The van der Waals surface area contributed by atoms with Crippen molar-refractivity contribution in [1.29, 1.82) is 0 Å². The molecule has 22 heavy (non-hydrogen) atoms. The van der Waals surface area contributed by atoms with Crippen molar-refractivity contribution in [2.45, 2.75) is 13.5 Å². The number of hydrogen-bond acceptors (Lipinski definition) is 5. The van der Waals surface area contributed by atoms with Gasteiger partial charge in [0.25, 0.3) is 0 Å². The highest BCUT2D eigenvalue weighted by Crippen LogP contribution is 2.24. The molecule has 1 aromatic carbocycles. The molecule has 5 nitrogen and oxygen atoms in total. The molecule has 0 bridgehead atoms. The summed E-state index contributed by atoms with van der Waals surface area (Å²) in [6.45, 7) is 6.17. The third-order valence-electron chi connectivity index (χ3n) is 3.74. The summed E-state index contributed by atoms with van der Waals surface area (Å²) in [4.78, 5) is 2.34. The highest BCUT2D eigenvalue weighted by molar-refractivity contribution is 6.29. The van der Waals surface area contributed by atoms with Crippen LogP contribution in [0.2, 0.25) is 5.15 Å². The Hall–Kier alpha value is -1.85. The van der Waals surface area contributed by atoms with E-state index in [9.17, 15) is 0 Å². The third kappa shape index (κ3) is 3.67. The van der Waals surface area contributed by atoms with Gasteiger partial charge in [-0.2, -0.15) is 5.10 Å². The summed E-state index contributed by atoms with van der Waals surface area (Å²) in [5.41, 5.74) is 4.40. The van der Waals surface area contributed by atoms with E-state index in [2.05, 4.69) is 45.5 Å². The highest BCUT2D eigenvalue weighted by Gasteiger charge is 2.12. The lowest BCUT2D eigenvalue weighted by Crippen LogP contribution is -2.36. The molecule has 6 heteroatoms. The number of anilines is 2. The second-order valence-corrected chi connectivity index (χ2v) is 5.69. The zero-order valence-electron chi connectivity index (χ0n) is 12.6. The van der Waals surface area contributed by atoms with Crippen LogP contribution in [0.1, 0.15) is 11.3 Å². The summed E-state index contributed by atoms with van der Waals surface area (Å²) in [5, 5.41) is 11.8. The monoisotopic (exact) mass is 318 g/mol. The maximum atomic E-state index is 5.75. The number of benzene rings is 1. The first-order valence-electron chi connectivity index (χ1n) is 7.38. The number of aromatic nitrogens is 2. The Balaban J connectivity index is 1.70. The number of hydrogen-bond donors (Lipinski definition) is 1. The predicted molar refractivity (Wildman–Crippen MR) is 88.6 cm³/mol. The first kappa shape index (κ1) is 15.1. The first-order chi connectivity index (χ1) is 10.7. The molecule has 1 aromatic heterocycles. The van der Waals surface area contributed by atoms with Crippen LogP contribution in [-0.2, 0) is 11.3 Å². The summed E-state index contributed by atoms with van der Waals surface area (Å²) >= 11 is 5.75. The Morgan fingerprint density at radius 3 is 2.73 bits per heavy atom. The highest BCUT2D eigenvalue weighted by atomic mass is 35.5. The summed E-state index contributed by atoms with van der Waals surface area (Å²) in [6, 6.07) is 10.1. The van der Waals surface area contributed by atoms with E-state index in [1.165, 1.54) is 11.3 Å². The molecule has 1 aliphatic rings. The molecule has 1 fully saturated rings. The van der Waals surface area contributed by atoms with Crippen LogP contribution in [0.5, 0.6) is 0 Å². The number of ether oxygens (including phenoxy) is 1. The van der Waals surface area contributed by atoms with Crippen LogP contribution < -0.4 is 10.2 Å². The molecule has 116 valence electrons. The van der Waals surface area contributed by atoms with Crippen molar-refractivity contribution in [2.75, 3.05) is 36.5 Å². The second kappa shape index (κ2) is 6.94. The number of nitrogens with zero attached hydrogens (tertiary/aromatic N) is 3. The Morgan fingerprint density at radius 2 is 2.00 bits per heavy atom. The average Bonchev–Trinajstić information content (AvgIpc) is 2.56. The lowest BCUT2D eigenvalue weighted by atomic mass is 10.1. The largest absolute Gasteiger partial charge is 0.379 e. The quantitative estimate of drug-likeness (QED) is 0.939. The van der Waals surface area contributed by atoms with Gasteiger partial charge in [0.05, 0.1) is 25.5 Å². The fourth-order valence-corrected chi connectivity index (χ4v) is 2.54. The molecule has 0 amide bonds. The van der Waals surface area contributed by atoms with Crippen molar-refractivity contribution < 1.29 is 4.74 Å². The summed E-state index contributed by atoms with van der Waals surface area (Å²) in [6.07, 6.45) is 0. The smallest absolute Gasteiger partial charge is 0.151 e. The van der Waals surface area contributed by atoms with E-state index >= 15 is 0 Å². The van der Waals surface area contributed by atoms with E-state index in [1.54, 1.807) is 6.07 Å². The normalized spacial score (nSPS) is 14.9. The van der Waals surface area contributed by atoms with Gasteiger partial charge >= 0.3 is 0 Å². The van der Waals surface area contributed by atoms with Crippen molar-refractivity contribution in [3.05, 3.63) is 46.7 Å². The zero-order chi connectivity index (χ0) is 15.4. The maximum Gasteiger partial charge on any atom is 0.151 e. The lowest BCUT2D eigenvalue weighted by Gasteiger charge is -2.29. The van der Waals surface area contributed by atoms with Crippen LogP contribution in [-0.4, -0.2) is 36.5 Å². The van der Waals surface area contributed by atoms with Gasteiger partial charge in [0, 0.05) is 24.5 Å². The average molecular weight is 319 g/mol. The van der Waals surface area contributed by atoms with Gasteiger partial charge in [0.1, 0.15) is 0 Å². The van der Waals surface area contributed by atoms with Crippen molar-refractivity contribution in [1.82, 2.24) is 10.2 Å². The van der Waals surface area contributed by atoms with E-state index < -0.39 is 0 Å². The van der Waals surface area contributed by atoms with Crippen LogP contribution in [0.4, 0.5) is 11.4 Å². The molecule has 1 N–H and O–H groups in total. The Bertz CT molecular complexity index is 627. The molecule has 1 saturated heterocycles. The predicted octanol–water partition coefficient (Wildman–Crippen LogP) is 2.89. The molecule has 2 heterocycles. The number of halogens is 1. The molecular weight excluding hydrogens is 300 g/mol. The molecule has 0 unspecified atom stereocenters. The summed E-state index contributed by atoms with van der Waals surface area (Å²) < 4.78 is 5.41. The topological polar surface area (TPSA) is 50.3 Å². The summed E-state index contributed by atoms with van der Waals surface area (Å²) in [5.74, 6) is 0. The van der Waals surface area contributed by atoms with Crippen LogP contribution in [0.15, 0.2) is 30.3 Å². The molecule has 0 atom stereocenters. The van der Waals surface area contributed by atoms with Crippen molar-refractivity contribution in [2.24, 2.45) is 0 Å². The molecule has 1 aliphatic heterocycles. The Morgan fingerprint density at radius 1 is 1.18 bits per heavy atom. The van der Waals surface area contributed by atoms with Crippen LogP contribution in [0, 0.1) is 6.92 Å². The molecular formula is C16H19ClN4O. The van der Waals surface area contributed by atoms with Crippen LogP contribution in [0.25, 0.3) is 0 Å². The van der Waals surface area contributed by atoms with Gasteiger partial charge in [-0.1, -0.05) is 17.7 Å². The van der Waals surface area contributed by atoms with Gasteiger partial charge in [0.2, 0.25) is 0 Å². The minimum Gasteiger partial charge on any atom is -0.379 e. The minimum absolute atomic E-state index is 0.411. The van der Waals surface area contributed by atoms with Crippen LogP contribution in [0.3, 0.4) is 0 Å². The fourth-order valence-electron chi connectivity index (χ4n) is 2.44. The van der Waals surface area contributed by atoms with Crippen molar-refractivity contribution in [3.63, 3.8) is 0 Å². The number of morpholine rings is 1. The van der Waals surface area contributed by atoms with Crippen molar-refractivity contribution >= 4 is 23.0 Å². The van der Waals surface area contributed by atoms with E-state index in [-0.39, 0.29) is 0 Å². The summed E-state index contributed by atoms with van der Waals surface area (Å²) in [7, 11) is 0. The van der Waals surface area contributed by atoms with Gasteiger partial charge in [-0.3, -0.25) is 0 Å². The van der Waals surface area contributed by atoms with Gasteiger partial charge in [-0.15, -0.1) is 5.10 Å². The second-order valence-electron chi connectivity index (χ2n) is 5.30. The SMILES string of the molecule is Cc1ccc(N2CCOCC2)cc1NCc1ccc(Cl)nn1. The number of nitrogens with one attached hydrogen (secondary N) is 1. The third-order valence-corrected chi connectivity index (χ3v) is 3.95. The van der Waals surface area contributed by atoms with E-state index in [0.29, 0.717) is 11.7 Å². The molecule has 0 radical (unpaired) electrons. The zero-order valence-corrected chi connectivity index (χ0v) is 13.3. The van der Waals surface area contributed by atoms with Crippen molar-refractivity contribution in [3.8, 4) is 0 Å². The molecule has 3 rings (SSSR count). The minimum atomic E-state index is 0.411. The van der Waals surface area contributed by atoms with E-state index in [1.807, 2.05) is 6.07 Å². The van der Waals surface area contributed by atoms with E-state index in [0.717, 1.165) is 37.7 Å². The van der Waals surface area contributed by atoms with Gasteiger partial charge in [-0.05, 0) is 36.8 Å². The molecule has 2 aromatic rings. The number of rotatable bonds is 4. The van der Waals surface area contributed by atoms with Crippen LogP contribution >= 0.6 is 11.6 Å². The Kier molecular flexibility index (Phi) is 4.75. The van der Waals surface area contributed by atoms with E-state index in [4.69, 9.17) is 16.3 Å². The van der Waals surface area contributed by atoms with Gasteiger partial charge < -0.3 is 15.0 Å². The molecule has 0 spiro atoms. The lowest BCUT2D eigenvalue weighted by molar-refractivity contribution is 0.122. The molecule has 0 aliphatic carbocycles. The fraction of sp³-hybridized carbons (Fsp3) is 0.375. The molecule has 0 saturated carbocycles. The maximum absolute atomic E-state index is 5.75. The first-order valence-corrected chi connectivity index (χ1v) is 7.75. The number of aryl methyl sites for hydroxylation is 1.